The fourth-order valence-corrected chi connectivity index (χ4v) is 1.94. The Morgan fingerprint density at radius 2 is 2.19 bits per heavy atom. The van der Waals surface area contributed by atoms with E-state index >= 15 is 0 Å². The Labute approximate surface area is 118 Å². The topological polar surface area (TPSA) is 92.9 Å². The molecule has 0 saturated carbocycles. The number of aromatic nitrogens is 4. The van der Waals surface area contributed by atoms with Crippen LogP contribution in [-0.2, 0) is 7.05 Å². The summed E-state index contributed by atoms with van der Waals surface area (Å²) in [6, 6.07) is 3.62. The van der Waals surface area contributed by atoms with E-state index < -0.39 is 11.8 Å². The van der Waals surface area contributed by atoms with Crippen molar-refractivity contribution in [3.05, 3.63) is 42.1 Å². The van der Waals surface area contributed by atoms with Gasteiger partial charge in [0.1, 0.15) is 18.0 Å². The number of fused-ring (bicyclic) bond motifs is 1. The molecular weight excluding hydrogens is 277 g/mol. The molecule has 3 aromatic rings. The normalized spacial score (nSPS) is 10.8. The molecule has 8 heteroatoms. The second kappa shape index (κ2) is 4.82. The molecule has 7 nitrogen and oxygen atoms in total. The molecule has 1 aromatic carbocycles. The molecule has 0 spiro atoms. The first-order chi connectivity index (χ1) is 10.1. The van der Waals surface area contributed by atoms with Gasteiger partial charge in [-0.25, -0.2) is 19.2 Å². The van der Waals surface area contributed by atoms with Crippen molar-refractivity contribution in [3.63, 3.8) is 0 Å². The predicted molar refractivity (Wildman–Crippen MR) is 72.9 cm³/mol. The molecule has 2 N–H and O–H groups in total. The lowest BCUT2D eigenvalue weighted by molar-refractivity contribution is 0.0696. The summed E-state index contributed by atoms with van der Waals surface area (Å²) in [5, 5.41) is 16.3. The smallest absolute Gasteiger partial charge is 0.335 e. The number of aromatic carboxylic acids is 1. The van der Waals surface area contributed by atoms with Crippen molar-refractivity contribution >= 4 is 28.5 Å². The molecule has 0 bridgehead atoms. The maximum Gasteiger partial charge on any atom is 0.335 e. The van der Waals surface area contributed by atoms with E-state index in [1.165, 1.54) is 18.5 Å². The van der Waals surface area contributed by atoms with Crippen LogP contribution in [0.3, 0.4) is 0 Å². The SMILES string of the molecule is Cn1ncc2c(Nc3ccc(C(=O)O)cc3F)ncnc21. The number of hydrogen-bond acceptors (Lipinski definition) is 5. The zero-order chi connectivity index (χ0) is 15.0. The van der Waals surface area contributed by atoms with E-state index in [1.807, 2.05) is 0 Å². The summed E-state index contributed by atoms with van der Waals surface area (Å²) < 4.78 is 15.5. The summed E-state index contributed by atoms with van der Waals surface area (Å²) in [5.74, 6) is -1.46. The highest BCUT2D eigenvalue weighted by Gasteiger charge is 2.12. The van der Waals surface area contributed by atoms with E-state index in [2.05, 4.69) is 20.4 Å². The van der Waals surface area contributed by atoms with Gasteiger partial charge < -0.3 is 10.4 Å². The third kappa shape index (κ3) is 2.27. The largest absolute Gasteiger partial charge is 0.478 e. The minimum atomic E-state index is -1.18. The van der Waals surface area contributed by atoms with Crippen LogP contribution in [0.1, 0.15) is 10.4 Å². The Balaban J connectivity index is 2.01. The van der Waals surface area contributed by atoms with Gasteiger partial charge >= 0.3 is 5.97 Å². The summed E-state index contributed by atoms with van der Waals surface area (Å²) in [6.07, 6.45) is 2.91. The predicted octanol–water partition coefficient (Wildman–Crippen LogP) is 1.94. The molecule has 0 saturated heterocycles. The van der Waals surface area contributed by atoms with Gasteiger partial charge in [0.2, 0.25) is 0 Å². The van der Waals surface area contributed by atoms with E-state index in [-0.39, 0.29) is 11.3 Å². The summed E-state index contributed by atoms with van der Waals surface area (Å²) in [4.78, 5) is 18.9. The van der Waals surface area contributed by atoms with E-state index in [4.69, 9.17) is 5.11 Å². The van der Waals surface area contributed by atoms with Crippen LogP contribution in [0, 0.1) is 5.82 Å². The number of carboxylic acid groups (broad SMARTS) is 1. The van der Waals surface area contributed by atoms with Crippen LogP contribution in [0.4, 0.5) is 15.9 Å². The van der Waals surface area contributed by atoms with E-state index in [1.54, 1.807) is 17.9 Å². The molecule has 0 unspecified atom stereocenters. The third-order valence-electron chi connectivity index (χ3n) is 3.00. The highest BCUT2D eigenvalue weighted by Crippen LogP contribution is 2.24. The monoisotopic (exact) mass is 287 g/mol. The van der Waals surface area contributed by atoms with Gasteiger partial charge in [-0.05, 0) is 18.2 Å². The highest BCUT2D eigenvalue weighted by molar-refractivity contribution is 5.90. The lowest BCUT2D eigenvalue weighted by Crippen LogP contribution is -2.01. The van der Waals surface area contributed by atoms with Crippen LogP contribution in [0.2, 0.25) is 0 Å². The number of rotatable bonds is 3. The highest BCUT2D eigenvalue weighted by atomic mass is 19.1. The minimum absolute atomic E-state index is 0.118. The van der Waals surface area contributed by atoms with Crippen molar-refractivity contribution in [1.82, 2.24) is 19.7 Å². The first kappa shape index (κ1) is 13.0. The van der Waals surface area contributed by atoms with Crippen LogP contribution in [0.5, 0.6) is 0 Å². The van der Waals surface area contributed by atoms with Crippen LogP contribution < -0.4 is 5.32 Å². The second-order valence-electron chi connectivity index (χ2n) is 4.35. The zero-order valence-corrected chi connectivity index (χ0v) is 10.9. The van der Waals surface area contributed by atoms with Crippen LogP contribution >= 0.6 is 0 Å². The molecule has 0 aliphatic heterocycles. The van der Waals surface area contributed by atoms with Crippen molar-refractivity contribution in [2.24, 2.45) is 7.05 Å². The number of aryl methyl sites for hydroxylation is 1. The van der Waals surface area contributed by atoms with Gasteiger partial charge in [-0.15, -0.1) is 0 Å². The van der Waals surface area contributed by atoms with E-state index in [9.17, 15) is 9.18 Å². The van der Waals surface area contributed by atoms with E-state index in [0.717, 1.165) is 6.07 Å². The van der Waals surface area contributed by atoms with Crippen molar-refractivity contribution in [1.29, 1.82) is 0 Å². The van der Waals surface area contributed by atoms with E-state index in [0.29, 0.717) is 16.9 Å². The zero-order valence-electron chi connectivity index (χ0n) is 10.9. The molecule has 0 amide bonds. The molecule has 2 heterocycles. The molecule has 106 valence electrons. The van der Waals surface area contributed by atoms with Crippen molar-refractivity contribution in [2.75, 3.05) is 5.32 Å². The third-order valence-corrected chi connectivity index (χ3v) is 3.00. The minimum Gasteiger partial charge on any atom is -0.478 e. The maximum absolute atomic E-state index is 13.9. The quantitative estimate of drug-likeness (QED) is 0.764. The van der Waals surface area contributed by atoms with Crippen molar-refractivity contribution < 1.29 is 14.3 Å². The Bertz CT molecular complexity index is 846. The summed E-state index contributed by atoms with van der Waals surface area (Å²) >= 11 is 0. The first-order valence-electron chi connectivity index (χ1n) is 5.99. The fraction of sp³-hybridized carbons (Fsp3) is 0.0769. The molecule has 2 aromatic heterocycles. The summed E-state index contributed by atoms with van der Waals surface area (Å²) in [7, 11) is 1.74. The van der Waals surface area contributed by atoms with Gasteiger partial charge in [-0.3, -0.25) is 4.68 Å². The Hall–Kier alpha value is -3.03. The van der Waals surface area contributed by atoms with Crippen molar-refractivity contribution in [2.45, 2.75) is 0 Å². The molecular formula is C13H10FN5O2. The number of carboxylic acids is 1. The number of carbonyl (C=O) groups is 1. The van der Waals surface area contributed by atoms with Gasteiger partial charge in [0.25, 0.3) is 0 Å². The number of nitrogens with one attached hydrogen (secondary N) is 1. The lowest BCUT2D eigenvalue weighted by Gasteiger charge is -2.08. The molecule has 0 fully saturated rings. The maximum atomic E-state index is 13.9. The van der Waals surface area contributed by atoms with Gasteiger partial charge in [0, 0.05) is 7.05 Å². The number of anilines is 2. The summed E-state index contributed by atoms with van der Waals surface area (Å²) in [6.45, 7) is 0. The Morgan fingerprint density at radius 3 is 2.90 bits per heavy atom. The van der Waals surface area contributed by atoms with Crippen LogP contribution in [0.25, 0.3) is 11.0 Å². The Kier molecular flexibility index (Phi) is 2.98. The Morgan fingerprint density at radius 1 is 1.38 bits per heavy atom. The molecule has 3 rings (SSSR count). The average Bonchev–Trinajstić information content (AvgIpc) is 2.84. The first-order valence-corrected chi connectivity index (χ1v) is 5.99. The van der Waals surface area contributed by atoms with Gasteiger partial charge in [0.05, 0.1) is 22.8 Å². The number of benzene rings is 1. The number of nitrogens with zero attached hydrogens (tertiary/aromatic N) is 4. The average molecular weight is 287 g/mol. The van der Waals surface area contributed by atoms with Crippen LogP contribution in [0.15, 0.2) is 30.7 Å². The fourth-order valence-electron chi connectivity index (χ4n) is 1.94. The van der Waals surface area contributed by atoms with Crippen LogP contribution in [-0.4, -0.2) is 30.8 Å². The number of halogens is 1. The molecule has 21 heavy (non-hydrogen) atoms. The lowest BCUT2D eigenvalue weighted by atomic mass is 10.2. The molecule has 0 radical (unpaired) electrons. The standard InChI is InChI=1S/C13H10FN5O2/c1-19-12-8(5-17-19)11(15-6-16-12)18-10-3-2-7(13(20)21)4-9(10)14/h2-6H,1H3,(H,20,21)(H,15,16,18). The molecule has 0 aliphatic carbocycles. The molecule has 0 aliphatic rings. The van der Waals surface area contributed by atoms with Gasteiger partial charge in [-0.2, -0.15) is 5.10 Å². The van der Waals surface area contributed by atoms with Gasteiger partial charge in [-0.1, -0.05) is 0 Å². The van der Waals surface area contributed by atoms with Gasteiger partial charge in [0.15, 0.2) is 5.65 Å². The second-order valence-corrected chi connectivity index (χ2v) is 4.35. The molecule has 0 atom stereocenters. The van der Waals surface area contributed by atoms with Crippen molar-refractivity contribution in [3.8, 4) is 0 Å². The number of hydrogen-bond donors (Lipinski definition) is 2. The summed E-state index contributed by atoms with van der Waals surface area (Å²) in [5.41, 5.74) is 0.617.